The molecule has 0 fully saturated rings. The van der Waals surface area contributed by atoms with Crippen LogP contribution < -0.4 is 52.8 Å². The SMILES string of the molecule is CCC1=[C]([Ti+3])CC=C1[Si](c1cc(C)cc(C)c1)(c1cc(C)cc(C)c1)c1cc(C)cc(C)c1.[Cl-].[Cl-].[Cl-]. The third kappa shape index (κ3) is 6.15. The first-order valence-corrected chi connectivity index (χ1v) is 14.8. The molecule has 0 radical (unpaired) electrons. The number of allylic oxidation sites excluding steroid dienone is 4. The molecule has 0 nitrogen and oxygen atoms in total. The van der Waals surface area contributed by atoms with Crippen molar-refractivity contribution in [1.29, 1.82) is 0 Å². The Morgan fingerprint density at radius 3 is 1.17 bits per heavy atom. The van der Waals surface area contributed by atoms with Gasteiger partial charge in [0.05, 0.1) is 0 Å². The summed E-state index contributed by atoms with van der Waals surface area (Å²) in [6.45, 7) is 15.9. The van der Waals surface area contributed by atoms with E-state index in [0.29, 0.717) is 0 Å². The van der Waals surface area contributed by atoms with Crippen molar-refractivity contribution < 1.29 is 57.7 Å². The molecule has 1 aliphatic carbocycles. The monoisotopic (exact) mass is 588 g/mol. The Balaban J connectivity index is 0.00000216. The van der Waals surface area contributed by atoms with Crippen LogP contribution in [0, 0.1) is 41.5 Å². The van der Waals surface area contributed by atoms with Gasteiger partial charge in [-0.15, -0.1) is 0 Å². The average Bonchev–Trinajstić information content (AvgIpc) is 3.07. The fourth-order valence-corrected chi connectivity index (χ4v) is 12.6. The van der Waals surface area contributed by atoms with Gasteiger partial charge in [0.1, 0.15) is 0 Å². The fourth-order valence-electron chi connectivity index (χ4n) is 5.94. The Bertz CT molecular complexity index is 1120. The summed E-state index contributed by atoms with van der Waals surface area (Å²) < 4.78 is 1.54. The first-order valence-electron chi connectivity index (χ1n) is 12.1. The molecule has 4 rings (SSSR count). The predicted octanol–water partition coefficient (Wildman–Crippen LogP) is -2.90. The fraction of sp³-hybridized carbons (Fsp3) is 0.290. The molecule has 0 saturated heterocycles. The molecule has 5 heteroatoms. The molecule has 3 aromatic carbocycles. The Kier molecular flexibility index (Phi) is 12.0. The Morgan fingerprint density at radius 2 is 0.889 bits per heavy atom. The summed E-state index contributed by atoms with van der Waals surface area (Å²) in [5, 5.41) is 6.16. The summed E-state index contributed by atoms with van der Waals surface area (Å²) in [6.07, 6.45) is 4.74. The van der Waals surface area contributed by atoms with E-state index in [1.165, 1.54) is 48.9 Å². The Hall–Kier alpha value is -1.06. The van der Waals surface area contributed by atoms with Crippen LogP contribution >= 0.6 is 0 Å². The van der Waals surface area contributed by atoms with Gasteiger partial charge < -0.3 is 37.2 Å². The minimum Gasteiger partial charge on any atom is -1.00 e. The zero-order valence-electron chi connectivity index (χ0n) is 22.3. The maximum Gasteiger partial charge on any atom is -1.00 e. The summed E-state index contributed by atoms with van der Waals surface area (Å²) >= 11 is 2.34. The maximum atomic E-state index is 2.58. The molecule has 0 amide bonds. The van der Waals surface area contributed by atoms with Gasteiger partial charge in [-0.25, -0.2) is 0 Å². The predicted molar refractivity (Wildman–Crippen MR) is 142 cm³/mol. The minimum absolute atomic E-state index is 0. The third-order valence-electron chi connectivity index (χ3n) is 6.92. The molecule has 1 aliphatic rings. The van der Waals surface area contributed by atoms with Gasteiger partial charge in [0.15, 0.2) is 0 Å². The summed E-state index contributed by atoms with van der Waals surface area (Å²) in [5.74, 6) is 0. The zero-order valence-corrected chi connectivity index (χ0v) is 27.2. The van der Waals surface area contributed by atoms with Crippen LogP contribution in [0.1, 0.15) is 53.1 Å². The van der Waals surface area contributed by atoms with Crippen molar-refractivity contribution in [3.8, 4) is 0 Å². The molecule has 0 aliphatic heterocycles. The molecule has 3 aromatic rings. The van der Waals surface area contributed by atoms with Crippen molar-refractivity contribution in [2.24, 2.45) is 0 Å². The number of halogens is 3. The van der Waals surface area contributed by atoms with E-state index in [1.54, 1.807) is 14.6 Å². The van der Waals surface area contributed by atoms with Crippen molar-refractivity contribution in [2.45, 2.75) is 61.3 Å². The molecule has 0 spiro atoms. The second kappa shape index (κ2) is 13.1. The van der Waals surface area contributed by atoms with Gasteiger partial charge in [-0.2, -0.15) is 0 Å². The normalized spacial score (nSPS) is 13.0. The van der Waals surface area contributed by atoms with Crippen molar-refractivity contribution in [3.05, 3.63) is 109 Å². The smallest absolute Gasteiger partial charge is 1.00 e. The molecule has 0 N–H and O–H groups in total. The van der Waals surface area contributed by atoms with Crippen LogP contribution in [0.4, 0.5) is 0 Å². The van der Waals surface area contributed by atoms with Crippen molar-refractivity contribution >= 4 is 23.6 Å². The average molecular weight is 590 g/mol. The molecule has 0 bridgehead atoms. The maximum absolute atomic E-state index is 2.58. The van der Waals surface area contributed by atoms with E-state index in [2.05, 4.69) is 130 Å². The van der Waals surface area contributed by atoms with Crippen LogP contribution in [0.15, 0.2) is 75.3 Å². The van der Waals surface area contributed by atoms with E-state index in [9.17, 15) is 0 Å². The number of benzene rings is 3. The molecule has 0 heterocycles. The van der Waals surface area contributed by atoms with Crippen LogP contribution in [0.25, 0.3) is 0 Å². The van der Waals surface area contributed by atoms with Crippen molar-refractivity contribution in [3.63, 3.8) is 0 Å². The topological polar surface area (TPSA) is 0 Å². The van der Waals surface area contributed by atoms with E-state index < -0.39 is 8.07 Å². The van der Waals surface area contributed by atoms with E-state index >= 15 is 0 Å². The molecular formula is C31H35Cl3SiTi. The minimum atomic E-state index is -2.50. The van der Waals surface area contributed by atoms with Crippen molar-refractivity contribution in [2.75, 3.05) is 0 Å². The van der Waals surface area contributed by atoms with Gasteiger partial charge in [-0.05, 0) is 0 Å². The quantitative estimate of drug-likeness (QED) is 0.222. The van der Waals surface area contributed by atoms with Gasteiger partial charge >= 0.3 is 214 Å². The zero-order chi connectivity index (χ0) is 23.9. The molecule has 0 unspecified atom stereocenters. The largest absolute Gasteiger partial charge is 1.00 e. The second-order valence-corrected chi connectivity index (χ2v) is 14.7. The van der Waals surface area contributed by atoms with Gasteiger partial charge in [-0.3, -0.25) is 0 Å². The van der Waals surface area contributed by atoms with Crippen LogP contribution in [0.2, 0.25) is 0 Å². The Morgan fingerprint density at radius 1 is 0.583 bits per heavy atom. The van der Waals surface area contributed by atoms with E-state index in [-0.39, 0.29) is 37.2 Å². The summed E-state index contributed by atoms with van der Waals surface area (Å²) in [4.78, 5) is 0. The standard InChI is InChI=1S/C31H35Si.3ClH.Ti/c1-8-27-10-9-11-31(27)32(28-15-21(2)12-22(3)16-28,29-17-23(4)13-24(5)18-29)30-19-25(6)14-26(7)20-30;;;;/h11-20H,8-9H2,1-7H3;3*1H;/q;;;;+3/p-3. The number of rotatable bonds is 5. The molecule has 0 atom stereocenters. The molecule has 188 valence electrons. The van der Waals surface area contributed by atoms with Gasteiger partial charge in [-0.1, -0.05) is 0 Å². The second-order valence-electron chi connectivity index (χ2n) is 10.0. The van der Waals surface area contributed by atoms with Gasteiger partial charge in [0.2, 0.25) is 0 Å². The van der Waals surface area contributed by atoms with Crippen LogP contribution in [0.3, 0.4) is 0 Å². The first kappa shape index (κ1) is 33.0. The van der Waals surface area contributed by atoms with Gasteiger partial charge in [0, 0.05) is 0 Å². The molecule has 0 saturated carbocycles. The number of hydrogen-bond acceptors (Lipinski definition) is 0. The number of hydrogen-bond donors (Lipinski definition) is 0. The molecular weight excluding hydrogens is 555 g/mol. The van der Waals surface area contributed by atoms with Crippen LogP contribution in [0.5, 0.6) is 0 Å². The number of aryl methyl sites for hydroxylation is 6. The van der Waals surface area contributed by atoms with Crippen LogP contribution in [-0.4, -0.2) is 8.07 Å². The molecule has 0 aromatic heterocycles. The van der Waals surface area contributed by atoms with Crippen molar-refractivity contribution in [1.82, 2.24) is 0 Å². The van der Waals surface area contributed by atoms with E-state index in [0.717, 1.165) is 12.8 Å². The summed E-state index contributed by atoms with van der Waals surface area (Å²) in [5.41, 5.74) is 9.71. The van der Waals surface area contributed by atoms with E-state index in [1.807, 2.05) is 0 Å². The van der Waals surface area contributed by atoms with E-state index in [4.69, 9.17) is 0 Å². The Labute approximate surface area is 249 Å². The summed E-state index contributed by atoms with van der Waals surface area (Å²) in [6, 6.07) is 21.8. The van der Waals surface area contributed by atoms with Crippen LogP contribution in [-0.2, 0) is 20.4 Å². The molecule has 36 heavy (non-hydrogen) atoms. The third-order valence-corrected chi connectivity index (χ3v) is 12.5. The van der Waals surface area contributed by atoms with Gasteiger partial charge in [0.25, 0.3) is 0 Å². The first-order chi connectivity index (χ1) is 15.6. The summed E-state index contributed by atoms with van der Waals surface area (Å²) in [7, 11) is -2.50.